The quantitative estimate of drug-likeness (QED) is 0.514. The van der Waals surface area contributed by atoms with E-state index in [0.29, 0.717) is 29.3 Å². The molecular weight excluding hydrogens is 453 g/mol. The summed E-state index contributed by atoms with van der Waals surface area (Å²) in [7, 11) is 0. The molecule has 10 heteroatoms. The Bertz CT molecular complexity index is 1190. The van der Waals surface area contributed by atoms with Crippen LogP contribution >= 0.6 is 11.8 Å². The zero-order chi connectivity index (χ0) is 23.2. The van der Waals surface area contributed by atoms with E-state index < -0.39 is 6.17 Å². The molecule has 1 aromatic carbocycles. The number of fused-ring (bicyclic) bond motifs is 2. The van der Waals surface area contributed by atoms with Crippen molar-refractivity contribution >= 4 is 17.6 Å². The third kappa shape index (κ3) is 3.98. The second-order valence-electron chi connectivity index (χ2n) is 9.29. The van der Waals surface area contributed by atoms with Crippen molar-refractivity contribution in [3.63, 3.8) is 0 Å². The smallest absolute Gasteiger partial charge is 0.185 e. The molecule has 3 fully saturated rings. The third-order valence-electron chi connectivity index (χ3n) is 7.08. The number of benzene rings is 1. The molecule has 176 valence electrons. The maximum absolute atomic E-state index is 15.3. The topological polar surface area (TPSA) is 100.0 Å². The molecular formula is C24H26FN7OS. The highest BCUT2D eigenvalue weighted by molar-refractivity contribution is 7.98. The van der Waals surface area contributed by atoms with Gasteiger partial charge >= 0.3 is 0 Å². The van der Waals surface area contributed by atoms with Gasteiger partial charge in [-0.2, -0.15) is 5.10 Å². The summed E-state index contributed by atoms with van der Waals surface area (Å²) in [4.78, 5) is 6.62. The van der Waals surface area contributed by atoms with Gasteiger partial charge in [-0.1, -0.05) is 6.07 Å². The summed E-state index contributed by atoms with van der Waals surface area (Å²) in [6, 6.07) is 7.68. The van der Waals surface area contributed by atoms with E-state index in [0.717, 1.165) is 48.3 Å². The van der Waals surface area contributed by atoms with Gasteiger partial charge in [-0.25, -0.2) is 9.37 Å². The van der Waals surface area contributed by atoms with E-state index in [1.54, 1.807) is 24.5 Å². The number of nitrogens with one attached hydrogen (secondary N) is 1. The third-order valence-corrected chi connectivity index (χ3v) is 7.70. The predicted octanol–water partition coefficient (Wildman–Crippen LogP) is 3.62. The first-order chi connectivity index (χ1) is 16.6. The van der Waals surface area contributed by atoms with Crippen molar-refractivity contribution in [3.8, 4) is 28.3 Å². The molecule has 0 radical (unpaired) electrons. The summed E-state index contributed by atoms with van der Waals surface area (Å²) >= 11 is 1.51. The number of alkyl halides is 1. The molecule has 0 spiro atoms. The number of thioether (sulfide) groups is 1. The van der Waals surface area contributed by atoms with Crippen molar-refractivity contribution in [3.05, 3.63) is 36.7 Å². The standard InChI is InChI=1S/C24H26FN7OS/c1-34-22-9-14(11-27-30-22)13-2-6-17(20(33)8-13)24-26-12-21(29-31-24)32(16-4-5-16)19-10-15-3-7-18(28-15)23(19)25/h2,6,8-9,11-12,15-16,18-19,23,28,33H,3-5,7,10H2,1H3/t15-,18+,19-,23+/m0/s1. The number of anilines is 1. The highest BCUT2D eigenvalue weighted by Gasteiger charge is 2.48. The van der Waals surface area contributed by atoms with Gasteiger partial charge in [0.1, 0.15) is 16.9 Å². The first-order valence-electron chi connectivity index (χ1n) is 11.7. The lowest BCUT2D eigenvalue weighted by Gasteiger charge is -2.40. The molecule has 2 N–H and O–H groups in total. The van der Waals surface area contributed by atoms with Crippen LogP contribution in [0.3, 0.4) is 0 Å². The molecule has 8 nitrogen and oxygen atoms in total. The fraction of sp³-hybridized carbons (Fsp3) is 0.458. The van der Waals surface area contributed by atoms with Crippen molar-refractivity contribution in [2.45, 2.75) is 67.5 Å². The van der Waals surface area contributed by atoms with Crippen LogP contribution in [-0.2, 0) is 0 Å². The van der Waals surface area contributed by atoms with Gasteiger partial charge in [0.05, 0.1) is 24.0 Å². The monoisotopic (exact) mass is 479 g/mol. The van der Waals surface area contributed by atoms with Crippen LogP contribution in [-0.4, -0.2) is 67.1 Å². The van der Waals surface area contributed by atoms with E-state index in [2.05, 4.69) is 35.6 Å². The number of phenolic OH excluding ortho intramolecular Hbond substituents is 1. The largest absolute Gasteiger partial charge is 0.507 e. The lowest BCUT2D eigenvalue weighted by Crippen LogP contribution is -2.57. The molecule has 4 heterocycles. The molecule has 1 saturated carbocycles. The van der Waals surface area contributed by atoms with Crippen molar-refractivity contribution < 1.29 is 9.50 Å². The van der Waals surface area contributed by atoms with Crippen LogP contribution in [0.2, 0.25) is 0 Å². The molecule has 0 unspecified atom stereocenters. The SMILES string of the molecule is CSc1cc(-c2ccc(-c3ncc(N(C4CC4)[C@H]4C[C@@H]5CC[C@@H](N5)[C@H]4F)nn3)c(O)c2)cnn1. The van der Waals surface area contributed by atoms with E-state index in [1.807, 2.05) is 18.4 Å². The first-order valence-corrected chi connectivity index (χ1v) is 12.9. The number of nitrogens with zero attached hydrogens (tertiary/aromatic N) is 6. The number of rotatable bonds is 6. The molecule has 0 amide bonds. The Labute approximate surface area is 201 Å². The molecule has 2 saturated heterocycles. The molecule has 2 aromatic heterocycles. The highest BCUT2D eigenvalue weighted by atomic mass is 32.2. The number of aromatic nitrogens is 5. The van der Waals surface area contributed by atoms with Gasteiger partial charge in [0.25, 0.3) is 0 Å². The predicted molar refractivity (Wildman–Crippen MR) is 128 cm³/mol. The lowest BCUT2D eigenvalue weighted by atomic mass is 9.96. The van der Waals surface area contributed by atoms with E-state index in [9.17, 15) is 5.11 Å². The molecule has 3 aliphatic rings. The van der Waals surface area contributed by atoms with Crippen molar-refractivity contribution in [2.24, 2.45) is 0 Å². The number of hydrogen-bond donors (Lipinski definition) is 2. The summed E-state index contributed by atoms with van der Waals surface area (Å²) in [5.41, 5.74) is 2.19. The summed E-state index contributed by atoms with van der Waals surface area (Å²) in [5, 5.41) is 31.7. The second kappa shape index (κ2) is 8.74. The number of piperidine rings is 1. The fourth-order valence-electron chi connectivity index (χ4n) is 5.24. The summed E-state index contributed by atoms with van der Waals surface area (Å²) < 4.78 is 15.3. The average Bonchev–Trinajstić information content (AvgIpc) is 3.62. The Hall–Kier alpha value is -2.85. The zero-order valence-electron chi connectivity index (χ0n) is 18.8. The maximum Gasteiger partial charge on any atom is 0.185 e. The van der Waals surface area contributed by atoms with Gasteiger partial charge in [0.2, 0.25) is 0 Å². The van der Waals surface area contributed by atoms with Crippen LogP contribution in [0.4, 0.5) is 10.2 Å². The molecule has 2 aliphatic heterocycles. The molecule has 2 bridgehead atoms. The molecule has 3 aromatic rings. The number of hydrogen-bond acceptors (Lipinski definition) is 9. The van der Waals surface area contributed by atoms with Crippen LogP contribution in [0.15, 0.2) is 41.7 Å². The van der Waals surface area contributed by atoms with E-state index in [-0.39, 0.29) is 17.8 Å². The van der Waals surface area contributed by atoms with E-state index in [1.165, 1.54) is 11.8 Å². The van der Waals surface area contributed by atoms with E-state index in [4.69, 9.17) is 0 Å². The number of halogens is 1. The number of aromatic hydroxyl groups is 1. The Morgan fingerprint density at radius 2 is 1.94 bits per heavy atom. The van der Waals surface area contributed by atoms with Crippen LogP contribution in [0, 0.1) is 0 Å². The van der Waals surface area contributed by atoms with Gasteiger partial charge in [0.15, 0.2) is 11.6 Å². The Kier molecular flexibility index (Phi) is 5.57. The van der Waals surface area contributed by atoms with Crippen molar-refractivity contribution in [1.29, 1.82) is 0 Å². The molecule has 4 atom stereocenters. The van der Waals surface area contributed by atoms with Crippen LogP contribution < -0.4 is 10.2 Å². The van der Waals surface area contributed by atoms with Gasteiger partial charge < -0.3 is 15.3 Å². The van der Waals surface area contributed by atoms with Crippen LogP contribution in [0.5, 0.6) is 5.75 Å². The summed E-state index contributed by atoms with van der Waals surface area (Å²) in [6.07, 6.45) is 9.14. The average molecular weight is 480 g/mol. The maximum atomic E-state index is 15.3. The van der Waals surface area contributed by atoms with E-state index >= 15 is 4.39 Å². The molecule has 34 heavy (non-hydrogen) atoms. The Balaban J connectivity index is 1.26. The van der Waals surface area contributed by atoms with Gasteiger partial charge in [-0.15, -0.1) is 27.1 Å². The Morgan fingerprint density at radius 3 is 2.68 bits per heavy atom. The minimum atomic E-state index is -0.924. The lowest BCUT2D eigenvalue weighted by molar-refractivity contribution is 0.171. The number of phenols is 1. The van der Waals surface area contributed by atoms with Crippen LogP contribution in [0.25, 0.3) is 22.5 Å². The van der Waals surface area contributed by atoms with Crippen molar-refractivity contribution in [2.75, 3.05) is 11.2 Å². The minimum absolute atomic E-state index is 0.0624. The summed E-state index contributed by atoms with van der Waals surface area (Å²) in [6.45, 7) is 0. The Morgan fingerprint density at radius 1 is 1.06 bits per heavy atom. The van der Waals surface area contributed by atoms with Gasteiger partial charge in [0, 0.05) is 23.7 Å². The first kappa shape index (κ1) is 21.7. The highest BCUT2D eigenvalue weighted by Crippen LogP contribution is 2.40. The normalized spacial score (nSPS) is 25.9. The van der Waals surface area contributed by atoms with Gasteiger partial charge in [-0.05, 0) is 62.1 Å². The molecule has 6 rings (SSSR count). The van der Waals surface area contributed by atoms with Gasteiger partial charge in [-0.3, -0.25) is 0 Å². The fourth-order valence-corrected chi connectivity index (χ4v) is 5.61. The van der Waals surface area contributed by atoms with Crippen molar-refractivity contribution in [1.82, 2.24) is 30.7 Å². The minimum Gasteiger partial charge on any atom is -0.507 e. The second-order valence-corrected chi connectivity index (χ2v) is 10.1. The molecule has 1 aliphatic carbocycles. The summed E-state index contributed by atoms with van der Waals surface area (Å²) in [5.74, 6) is 1.01. The zero-order valence-corrected chi connectivity index (χ0v) is 19.6. The van der Waals surface area contributed by atoms with Crippen LogP contribution in [0.1, 0.15) is 32.1 Å².